The van der Waals surface area contributed by atoms with Crippen LogP contribution in [0.4, 0.5) is 0 Å². The first-order chi connectivity index (χ1) is 8.92. The van der Waals surface area contributed by atoms with E-state index >= 15 is 0 Å². The molecule has 0 saturated heterocycles. The van der Waals surface area contributed by atoms with Crippen LogP contribution in [0, 0.1) is 0 Å². The van der Waals surface area contributed by atoms with E-state index in [4.69, 9.17) is 0 Å². The summed E-state index contributed by atoms with van der Waals surface area (Å²) in [5.74, 6) is 0. The van der Waals surface area contributed by atoms with Gasteiger partial charge in [0.05, 0.1) is 0 Å². The van der Waals surface area contributed by atoms with Crippen LogP contribution >= 0.6 is 0 Å². The van der Waals surface area contributed by atoms with Crippen molar-refractivity contribution >= 4 is 0 Å². The third-order valence-corrected chi connectivity index (χ3v) is 2.36. The first-order valence-electron chi connectivity index (χ1n) is 6.59. The molecule has 0 aliphatic carbocycles. The second-order valence-corrected chi connectivity index (χ2v) is 4.15. The first kappa shape index (κ1) is 19.5. The minimum atomic E-state index is 0.912. The molecule has 0 amide bonds. The summed E-state index contributed by atoms with van der Waals surface area (Å²) in [7, 11) is 0. The molecule has 0 unspecified atom stereocenters. The van der Waals surface area contributed by atoms with Crippen molar-refractivity contribution in [2.24, 2.45) is 0 Å². The standard InChI is InChI=1S/C16H22.C3H6/c1-7-13(3)9-11-15(5)16(6)12-10-14(4)8-2;1-3-2/h9-12H,3-8H2,1-2H3;3H,1H2,2H3/b11-9-,12-10-;. The van der Waals surface area contributed by atoms with E-state index < -0.39 is 0 Å². The van der Waals surface area contributed by atoms with E-state index in [-0.39, 0.29) is 0 Å². The number of hydrogen-bond acceptors (Lipinski definition) is 0. The van der Waals surface area contributed by atoms with Crippen molar-refractivity contribution in [3.05, 3.63) is 85.6 Å². The summed E-state index contributed by atoms with van der Waals surface area (Å²) >= 11 is 0. The molecule has 19 heavy (non-hydrogen) atoms. The van der Waals surface area contributed by atoms with Gasteiger partial charge in [0, 0.05) is 0 Å². The van der Waals surface area contributed by atoms with Crippen molar-refractivity contribution in [1.82, 2.24) is 0 Å². The highest BCUT2D eigenvalue weighted by Gasteiger charge is 1.92. The van der Waals surface area contributed by atoms with E-state index in [1.807, 2.05) is 31.2 Å². The van der Waals surface area contributed by atoms with E-state index in [1.165, 1.54) is 0 Å². The largest absolute Gasteiger partial charge is 0.103 e. The minimum Gasteiger partial charge on any atom is -0.103 e. The summed E-state index contributed by atoms with van der Waals surface area (Å²) < 4.78 is 0. The Bertz CT molecular complexity index is 350. The van der Waals surface area contributed by atoms with Crippen LogP contribution < -0.4 is 0 Å². The molecule has 0 fully saturated rings. The van der Waals surface area contributed by atoms with Gasteiger partial charge in [0.15, 0.2) is 0 Å². The molecule has 0 heterocycles. The molecule has 0 aromatic heterocycles. The first-order valence-corrected chi connectivity index (χ1v) is 6.59. The zero-order valence-corrected chi connectivity index (χ0v) is 12.8. The van der Waals surface area contributed by atoms with Crippen LogP contribution in [0.2, 0.25) is 0 Å². The second-order valence-electron chi connectivity index (χ2n) is 4.15. The van der Waals surface area contributed by atoms with Crippen LogP contribution in [0.15, 0.2) is 85.6 Å². The van der Waals surface area contributed by atoms with Crippen molar-refractivity contribution in [1.29, 1.82) is 0 Å². The molecule has 0 heteroatoms. The topological polar surface area (TPSA) is 0 Å². The summed E-state index contributed by atoms with van der Waals surface area (Å²) in [5, 5.41) is 0. The maximum absolute atomic E-state index is 3.96. The zero-order chi connectivity index (χ0) is 15.3. The minimum absolute atomic E-state index is 0.912. The number of hydrogen-bond donors (Lipinski definition) is 0. The normalized spacial score (nSPS) is 9.84. The molecule has 0 aromatic carbocycles. The van der Waals surface area contributed by atoms with Crippen LogP contribution in [0.5, 0.6) is 0 Å². The predicted octanol–water partition coefficient (Wildman–Crippen LogP) is 6.34. The number of rotatable bonds is 7. The monoisotopic (exact) mass is 256 g/mol. The van der Waals surface area contributed by atoms with Crippen molar-refractivity contribution < 1.29 is 0 Å². The van der Waals surface area contributed by atoms with Gasteiger partial charge in [-0.3, -0.25) is 0 Å². The second kappa shape index (κ2) is 12.6. The van der Waals surface area contributed by atoms with E-state index in [1.54, 1.807) is 6.08 Å². The molecule has 0 rings (SSSR count). The average Bonchev–Trinajstić information content (AvgIpc) is 2.41. The van der Waals surface area contributed by atoms with Gasteiger partial charge < -0.3 is 0 Å². The molecule has 104 valence electrons. The Hall–Kier alpha value is -1.82. The van der Waals surface area contributed by atoms with Gasteiger partial charge >= 0.3 is 0 Å². The molecule has 0 spiro atoms. The molecular weight excluding hydrogens is 228 g/mol. The number of allylic oxidation sites excluding steroid dienone is 9. The summed E-state index contributed by atoms with van der Waals surface area (Å²) in [6, 6.07) is 0. The van der Waals surface area contributed by atoms with Crippen LogP contribution in [-0.4, -0.2) is 0 Å². The van der Waals surface area contributed by atoms with Crippen molar-refractivity contribution in [3.63, 3.8) is 0 Å². The lowest BCUT2D eigenvalue weighted by Crippen LogP contribution is -1.80. The summed E-state index contributed by atoms with van der Waals surface area (Å²) in [6.45, 7) is 25.1. The fourth-order valence-corrected chi connectivity index (χ4v) is 0.887. The third kappa shape index (κ3) is 12.4. The van der Waals surface area contributed by atoms with Gasteiger partial charge in [-0.1, -0.05) is 81.7 Å². The fourth-order valence-electron chi connectivity index (χ4n) is 0.887. The molecule has 0 saturated carbocycles. The molecule has 0 aliphatic heterocycles. The molecule has 0 radical (unpaired) electrons. The van der Waals surface area contributed by atoms with Gasteiger partial charge in [-0.05, 0) is 30.9 Å². The Balaban J connectivity index is 0. The summed E-state index contributed by atoms with van der Waals surface area (Å²) in [6.07, 6.45) is 11.5. The molecule has 0 aromatic rings. The van der Waals surface area contributed by atoms with Crippen molar-refractivity contribution in [3.8, 4) is 0 Å². The lowest BCUT2D eigenvalue weighted by Gasteiger charge is -2.00. The highest BCUT2D eigenvalue weighted by molar-refractivity contribution is 5.45. The molecule has 0 atom stereocenters. The summed E-state index contributed by atoms with van der Waals surface area (Å²) in [5.41, 5.74) is 4.01. The average molecular weight is 256 g/mol. The van der Waals surface area contributed by atoms with E-state index in [2.05, 4.69) is 46.7 Å². The van der Waals surface area contributed by atoms with Gasteiger partial charge in [0.25, 0.3) is 0 Å². The van der Waals surface area contributed by atoms with E-state index in [0.29, 0.717) is 0 Å². The quantitative estimate of drug-likeness (QED) is 0.368. The van der Waals surface area contributed by atoms with Crippen LogP contribution in [0.3, 0.4) is 0 Å². The van der Waals surface area contributed by atoms with Gasteiger partial charge in [0.2, 0.25) is 0 Å². The highest BCUT2D eigenvalue weighted by Crippen LogP contribution is 2.12. The SMILES string of the molecule is C=C(/C=C\C(=C)C(=C)/C=C\C(=C)CC)CC.C=CC. The van der Waals surface area contributed by atoms with Gasteiger partial charge in [-0.2, -0.15) is 0 Å². The smallest absolute Gasteiger partial charge is 0.0262 e. The Kier molecular flexibility index (Phi) is 13.0. The Morgan fingerprint density at radius 3 is 1.21 bits per heavy atom. The molecular formula is C19H28. The predicted molar refractivity (Wildman–Crippen MR) is 91.3 cm³/mol. The highest BCUT2D eigenvalue weighted by atomic mass is 14.0. The fraction of sp³-hybridized carbons (Fsp3) is 0.263. The van der Waals surface area contributed by atoms with Gasteiger partial charge in [0.1, 0.15) is 0 Å². The van der Waals surface area contributed by atoms with Gasteiger partial charge in [-0.25, -0.2) is 0 Å². The van der Waals surface area contributed by atoms with Crippen LogP contribution in [-0.2, 0) is 0 Å². The maximum Gasteiger partial charge on any atom is -0.0262 e. The summed E-state index contributed by atoms with van der Waals surface area (Å²) in [4.78, 5) is 0. The molecule has 0 N–H and O–H groups in total. The van der Waals surface area contributed by atoms with Crippen molar-refractivity contribution in [2.75, 3.05) is 0 Å². The Morgan fingerprint density at radius 1 is 0.737 bits per heavy atom. The maximum atomic E-state index is 3.96. The lowest BCUT2D eigenvalue weighted by molar-refractivity contribution is 1.16. The van der Waals surface area contributed by atoms with Crippen molar-refractivity contribution in [2.45, 2.75) is 33.6 Å². The van der Waals surface area contributed by atoms with Crippen LogP contribution in [0.1, 0.15) is 33.6 Å². The third-order valence-electron chi connectivity index (χ3n) is 2.36. The Morgan fingerprint density at radius 2 is 1.00 bits per heavy atom. The van der Waals surface area contributed by atoms with Gasteiger partial charge in [-0.15, -0.1) is 6.58 Å². The van der Waals surface area contributed by atoms with E-state index in [9.17, 15) is 0 Å². The molecule has 0 bridgehead atoms. The zero-order valence-electron chi connectivity index (χ0n) is 12.8. The molecule has 0 aliphatic rings. The molecule has 0 nitrogen and oxygen atoms in total. The lowest BCUT2D eigenvalue weighted by atomic mass is 10.1. The van der Waals surface area contributed by atoms with E-state index in [0.717, 1.165) is 35.1 Å². The van der Waals surface area contributed by atoms with Crippen LogP contribution in [0.25, 0.3) is 0 Å². The Labute approximate surface area is 119 Å².